The van der Waals surface area contributed by atoms with Crippen LogP contribution >= 0.6 is 0 Å². The molecule has 1 heterocycles. The Balaban J connectivity index is 1.77. The summed E-state index contributed by atoms with van der Waals surface area (Å²) in [5.74, 6) is 1.18. The molecule has 0 radical (unpaired) electrons. The van der Waals surface area contributed by atoms with Gasteiger partial charge >= 0.3 is 5.97 Å². The van der Waals surface area contributed by atoms with Gasteiger partial charge in [-0.15, -0.1) is 0 Å². The van der Waals surface area contributed by atoms with E-state index in [2.05, 4.69) is 15.2 Å². The normalized spacial score (nSPS) is 12.7. The van der Waals surface area contributed by atoms with E-state index < -0.39 is 11.9 Å². The number of methoxy groups -OCH3 is 2. The molecule has 4 rings (SSSR count). The quantitative estimate of drug-likeness (QED) is 0.314. The number of benzene rings is 3. The molecule has 1 N–H and O–H groups in total. The third-order valence-corrected chi connectivity index (χ3v) is 5.76. The van der Waals surface area contributed by atoms with Crippen LogP contribution in [0.2, 0.25) is 0 Å². The Labute approximate surface area is 221 Å². The highest BCUT2D eigenvalue weighted by molar-refractivity contribution is 6.01. The van der Waals surface area contributed by atoms with E-state index in [0.29, 0.717) is 22.8 Å². The molecule has 0 unspecified atom stereocenters. The van der Waals surface area contributed by atoms with Crippen LogP contribution in [0, 0.1) is 0 Å². The van der Waals surface area contributed by atoms with E-state index in [0.717, 1.165) is 16.9 Å². The number of ether oxygens (including phenoxy) is 4. The van der Waals surface area contributed by atoms with Crippen LogP contribution in [-0.4, -0.2) is 43.9 Å². The zero-order chi connectivity index (χ0) is 26.9. The second-order valence-electron chi connectivity index (χ2n) is 8.20. The Hall–Kier alpha value is -4.79. The summed E-state index contributed by atoms with van der Waals surface area (Å²) in [5, 5.41) is 8.57. The second kappa shape index (κ2) is 12.4. The molecule has 0 saturated heterocycles. The van der Waals surface area contributed by atoms with Crippen molar-refractivity contribution in [3.8, 4) is 17.2 Å². The fraction of sp³-hybridized carbons (Fsp3) is 0.207. The summed E-state index contributed by atoms with van der Waals surface area (Å²) < 4.78 is 22.4. The largest absolute Gasteiger partial charge is 0.497 e. The summed E-state index contributed by atoms with van der Waals surface area (Å²) >= 11 is 0. The summed E-state index contributed by atoms with van der Waals surface area (Å²) in [6, 6.07) is 22.5. The number of rotatable bonds is 10. The average Bonchev–Trinajstić information content (AvgIpc) is 2.95. The zero-order valence-corrected chi connectivity index (χ0v) is 21.5. The molecular weight excluding hydrogens is 486 g/mol. The third-order valence-electron chi connectivity index (χ3n) is 5.76. The SMILES string of the molecule is C/C=N\N1Cc2c(Oc3ccc(OC)cc3)cccc2C(OCc2ccccc2)=C1C(=O)NCC(=O)OC. The van der Waals surface area contributed by atoms with E-state index in [1.165, 1.54) is 12.1 Å². The summed E-state index contributed by atoms with van der Waals surface area (Å²) in [6.07, 6.45) is 1.58. The number of nitrogens with zero attached hydrogens (tertiary/aromatic N) is 2. The van der Waals surface area contributed by atoms with Crippen molar-refractivity contribution in [3.05, 3.63) is 95.2 Å². The van der Waals surface area contributed by atoms with Crippen molar-refractivity contribution in [1.29, 1.82) is 0 Å². The van der Waals surface area contributed by atoms with Crippen molar-refractivity contribution < 1.29 is 28.5 Å². The molecule has 0 aliphatic carbocycles. The van der Waals surface area contributed by atoms with Crippen LogP contribution in [0.15, 0.2) is 83.6 Å². The van der Waals surface area contributed by atoms with Gasteiger partial charge in [0.05, 0.1) is 20.8 Å². The first-order valence-corrected chi connectivity index (χ1v) is 12.0. The van der Waals surface area contributed by atoms with Crippen molar-refractivity contribution >= 4 is 23.9 Å². The molecule has 3 aromatic rings. The maximum absolute atomic E-state index is 13.4. The van der Waals surface area contributed by atoms with Gasteiger partial charge in [0.15, 0.2) is 11.5 Å². The van der Waals surface area contributed by atoms with Gasteiger partial charge in [-0.25, -0.2) is 0 Å². The number of amides is 1. The summed E-state index contributed by atoms with van der Waals surface area (Å²) in [7, 11) is 2.87. The maximum atomic E-state index is 13.4. The summed E-state index contributed by atoms with van der Waals surface area (Å²) in [6.45, 7) is 1.92. The van der Waals surface area contributed by atoms with Crippen molar-refractivity contribution in [1.82, 2.24) is 10.3 Å². The van der Waals surface area contributed by atoms with Crippen molar-refractivity contribution in [3.63, 3.8) is 0 Å². The fourth-order valence-corrected chi connectivity index (χ4v) is 3.92. The van der Waals surface area contributed by atoms with E-state index >= 15 is 0 Å². The molecule has 0 bridgehead atoms. The predicted molar refractivity (Wildman–Crippen MR) is 142 cm³/mol. The molecule has 0 spiro atoms. The second-order valence-corrected chi connectivity index (χ2v) is 8.20. The van der Waals surface area contributed by atoms with Gasteiger partial charge in [-0.1, -0.05) is 42.5 Å². The topological polar surface area (TPSA) is 98.7 Å². The number of fused-ring (bicyclic) bond motifs is 1. The fourth-order valence-electron chi connectivity index (χ4n) is 3.92. The molecule has 9 nitrogen and oxygen atoms in total. The minimum atomic E-state index is -0.567. The minimum Gasteiger partial charge on any atom is -0.497 e. The lowest BCUT2D eigenvalue weighted by Gasteiger charge is -2.31. The Kier molecular flexibility index (Phi) is 8.61. The van der Waals surface area contributed by atoms with Crippen molar-refractivity contribution in [2.45, 2.75) is 20.1 Å². The highest BCUT2D eigenvalue weighted by atomic mass is 16.5. The first kappa shape index (κ1) is 26.3. The van der Waals surface area contributed by atoms with Gasteiger partial charge < -0.3 is 24.3 Å². The molecule has 38 heavy (non-hydrogen) atoms. The Bertz CT molecular complexity index is 1340. The Morgan fingerprint density at radius 3 is 2.39 bits per heavy atom. The lowest BCUT2D eigenvalue weighted by molar-refractivity contribution is -0.140. The van der Waals surface area contributed by atoms with E-state index in [-0.39, 0.29) is 25.4 Å². The highest BCUT2D eigenvalue weighted by Crippen LogP contribution is 2.39. The number of hydrazone groups is 1. The molecule has 1 aliphatic heterocycles. The van der Waals surface area contributed by atoms with E-state index in [4.69, 9.17) is 14.2 Å². The number of hydrogen-bond acceptors (Lipinski definition) is 8. The van der Waals surface area contributed by atoms with Crippen LogP contribution in [0.25, 0.3) is 5.76 Å². The van der Waals surface area contributed by atoms with E-state index in [1.54, 1.807) is 20.2 Å². The molecular formula is C29H29N3O6. The lowest BCUT2D eigenvalue weighted by Crippen LogP contribution is -2.38. The number of hydrogen-bond donors (Lipinski definition) is 1. The molecule has 0 atom stereocenters. The van der Waals surface area contributed by atoms with Crippen LogP contribution in [-0.2, 0) is 32.2 Å². The molecule has 0 aromatic heterocycles. The van der Waals surface area contributed by atoms with Gasteiger partial charge in [-0.2, -0.15) is 5.10 Å². The molecule has 0 fully saturated rings. The zero-order valence-electron chi connectivity index (χ0n) is 21.5. The van der Waals surface area contributed by atoms with Crippen LogP contribution in [0.3, 0.4) is 0 Å². The van der Waals surface area contributed by atoms with E-state index in [9.17, 15) is 9.59 Å². The first-order valence-electron chi connectivity index (χ1n) is 12.0. The number of carbonyl (C=O) groups excluding carboxylic acids is 2. The summed E-state index contributed by atoms with van der Waals surface area (Å²) in [5.41, 5.74) is 2.59. The Morgan fingerprint density at radius 2 is 1.71 bits per heavy atom. The summed E-state index contributed by atoms with van der Waals surface area (Å²) in [4.78, 5) is 25.1. The minimum absolute atomic E-state index is 0.178. The number of carbonyl (C=O) groups is 2. The molecule has 1 aliphatic rings. The molecule has 0 saturated carbocycles. The van der Waals surface area contributed by atoms with Gasteiger partial charge in [0.1, 0.15) is 30.4 Å². The highest BCUT2D eigenvalue weighted by Gasteiger charge is 2.33. The van der Waals surface area contributed by atoms with Crippen molar-refractivity contribution in [2.75, 3.05) is 20.8 Å². The van der Waals surface area contributed by atoms with Gasteiger partial charge in [0, 0.05) is 17.3 Å². The first-order chi connectivity index (χ1) is 18.5. The van der Waals surface area contributed by atoms with Crippen LogP contribution in [0.1, 0.15) is 23.6 Å². The van der Waals surface area contributed by atoms with Gasteiger partial charge in [0.2, 0.25) is 0 Å². The van der Waals surface area contributed by atoms with Crippen LogP contribution in [0.4, 0.5) is 0 Å². The predicted octanol–water partition coefficient (Wildman–Crippen LogP) is 4.48. The number of esters is 1. The number of nitrogens with one attached hydrogen (secondary N) is 1. The molecule has 9 heteroatoms. The maximum Gasteiger partial charge on any atom is 0.325 e. The lowest BCUT2D eigenvalue weighted by atomic mass is 9.98. The van der Waals surface area contributed by atoms with Gasteiger partial charge in [-0.05, 0) is 42.8 Å². The van der Waals surface area contributed by atoms with Crippen molar-refractivity contribution in [2.24, 2.45) is 5.10 Å². The van der Waals surface area contributed by atoms with Gasteiger partial charge in [0.25, 0.3) is 5.91 Å². The van der Waals surface area contributed by atoms with E-state index in [1.807, 2.05) is 72.8 Å². The van der Waals surface area contributed by atoms with Crippen LogP contribution < -0.4 is 14.8 Å². The smallest absolute Gasteiger partial charge is 0.325 e. The van der Waals surface area contributed by atoms with Gasteiger partial charge in [-0.3, -0.25) is 14.6 Å². The average molecular weight is 516 g/mol. The monoisotopic (exact) mass is 515 g/mol. The molecule has 3 aromatic carbocycles. The third kappa shape index (κ3) is 6.12. The molecule has 1 amide bonds. The Morgan fingerprint density at radius 1 is 0.974 bits per heavy atom. The molecule has 196 valence electrons. The van der Waals surface area contributed by atoms with Crippen LogP contribution in [0.5, 0.6) is 17.2 Å². The standard InChI is InChI=1S/C29H29N3O6/c1-4-31-32-18-24-23(11-8-12-25(24)38-22-15-13-21(35-2)14-16-22)28(37-19-20-9-6-5-7-10-20)27(32)29(34)30-17-26(33)36-3/h4-16H,17-19H2,1-3H3,(H,30,34)/b31-4-.